The maximum atomic E-state index is 12.9. The van der Waals surface area contributed by atoms with Crippen LogP contribution in [0.25, 0.3) is 0 Å². The molecule has 0 saturated carbocycles. The molecule has 1 atom stereocenters. The first-order chi connectivity index (χ1) is 8.15. The number of halogens is 1. The van der Waals surface area contributed by atoms with Crippen molar-refractivity contribution < 1.29 is 8.91 Å². The first-order valence-electron chi connectivity index (χ1n) is 5.11. The van der Waals surface area contributed by atoms with Crippen molar-refractivity contribution in [3.05, 3.63) is 41.8 Å². The van der Waals surface area contributed by atoms with Crippen LogP contribution in [0.1, 0.15) is 24.7 Å². The molecule has 0 radical (unpaired) electrons. The highest BCUT2D eigenvalue weighted by molar-refractivity contribution is 7.98. The van der Waals surface area contributed by atoms with E-state index in [0.717, 1.165) is 4.90 Å². The summed E-state index contributed by atoms with van der Waals surface area (Å²) in [5.74, 6) is 1.26. The number of benzene rings is 1. The minimum absolute atomic E-state index is 0.251. The third kappa shape index (κ3) is 3.28. The molecular weight excluding hydrogens is 241 g/mol. The molecule has 0 fully saturated rings. The van der Waals surface area contributed by atoms with Gasteiger partial charge in [0.1, 0.15) is 5.82 Å². The van der Waals surface area contributed by atoms with Gasteiger partial charge in [-0.05, 0) is 25.1 Å². The number of hydrogen-bond donors (Lipinski definition) is 1. The van der Waals surface area contributed by atoms with E-state index >= 15 is 0 Å². The van der Waals surface area contributed by atoms with Crippen LogP contribution in [0.15, 0.2) is 33.7 Å². The molecule has 1 aromatic heterocycles. The summed E-state index contributed by atoms with van der Waals surface area (Å²) in [6.07, 6.45) is 0. The van der Waals surface area contributed by atoms with Gasteiger partial charge in [-0.1, -0.05) is 11.2 Å². The largest absolute Gasteiger partial charge is 0.338 e. The Hall–Kier alpha value is -1.40. The van der Waals surface area contributed by atoms with E-state index in [2.05, 4.69) is 10.1 Å². The number of nitrogens with zero attached hydrogens (tertiary/aromatic N) is 2. The van der Waals surface area contributed by atoms with Crippen molar-refractivity contribution in [1.82, 2.24) is 10.1 Å². The summed E-state index contributed by atoms with van der Waals surface area (Å²) >= 11 is 1.45. The highest BCUT2D eigenvalue weighted by atomic mass is 32.2. The van der Waals surface area contributed by atoms with E-state index < -0.39 is 0 Å². The Kier molecular flexibility index (Phi) is 3.75. The first-order valence-corrected chi connectivity index (χ1v) is 6.10. The summed E-state index contributed by atoms with van der Waals surface area (Å²) in [6, 6.07) is 6.11. The summed E-state index contributed by atoms with van der Waals surface area (Å²) in [4.78, 5) is 4.96. The number of nitrogens with two attached hydrogens (primary N) is 1. The maximum Gasteiger partial charge on any atom is 0.243 e. The Balaban J connectivity index is 1.97. The fraction of sp³-hybridized carbons (Fsp3) is 0.273. The summed E-state index contributed by atoms with van der Waals surface area (Å²) in [6.45, 7) is 1.77. The summed E-state index contributed by atoms with van der Waals surface area (Å²) in [7, 11) is 0. The van der Waals surface area contributed by atoms with E-state index in [1.807, 2.05) is 6.07 Å². The van der Waals surface area contributed by atoms with Gasteiger partial charge in [-0.3, -0.25) is 0 Å². The van der Waals surface area contributed by atoms with E-state index in [1.54, 1.807) is 13.0 Å². The average molecular weight is 253 g/mol. The van der Waals surface area contributed by atoms with Gasteiger partial charge in [0.25, 0.3) is 0 Å². The topological polar surface area (TPSA) is 64.9 Å². The van der Waals surface area contributed by atoms with Crippen LogP contribution in [0.5, 0.6) is 0 Å². The predicted molar refractivity (Wildman–Crippen MR) is 62.9 cm³/mol. The van der Waals surface area contributed by atoms with Gasteiger partial charge in [-0.25, -0.2) is 4.39 Å². The van der Waals surface area contributed by atoms with Gasteiger partial charge in [0.2, 0.25) is 5.89 Å². The van der Waals surface area contributed by atoms with E-state index in [1.165, 1.54) is 23.9 Å². The van der Waals surface area contributed by atoms with E-state index in [0.29, 0.717) is 17.5 Å². The Morgan fingerprint density at radius 2 is 2.35 bits per heavy atom. The van der Waals surface area contributed by atoms with Crippen LogP contribution in [0, 0.1) is 5.82 Å². The zero-order valence-corrected chi connectivity index (χ0v) is 10.1. The number of aromatic nitrogens is 2. The molecule has 1 aromatic carbocycles. The molecule has 0 amide bonds. The first kappa shape index (κ1) is 12.1. The Bertz CT molecular complexity index is 501. The second-order valence-electron chi connectivity index (χ2n) is 3.58. The van der Waals surface area contributed by atoms with Crippen molar-refractivity contribution in [1.29, 1.82) is 0 Å². The second kappa shape index (κ2) is 5.29. The predicted octanol–water partition coefficient (Wildman–Crippen LogP) is 2.52. The van der Waals surface area contributed by atoms with Gasteiger partial charge in [0.05, 0.1) is 11.8 Å². The molecule has 6 heteroatoms. The molecular formula is C11H12FN3OS. The molecule has 90 valence electrons. The number of rotatable bonds is 4. The lowest BCUT2D eigenvalue weighted by Crippen LogP contribution is -2.05. The van der Waals surface area contributed by atoms with Crippen molar-refractivity contribution in [3.63, 3.8) is 0 Å². The summed E-state index contributed by atoms with van der Waals surface area (Å²) < 4.78 is 17.9. The zero-order valence-electron chi connectivity index (χ0n) is 9.26. The Labute approximate surface area is 102 Å². The fourth-order valence-corrected chi connectivity index (χ4v) is 2.00. The molecule has 2 rings (SSSR count). The van der Waals surface area contributed by atoms with Crippen molar-refractivity contribution >= 4 is 11.8 Å². The molecule has 0 unspecified atom stereocenters. The SMILES string of the molecule is C[C@@H](N)c1nc(CSc2cccc(F)c2)no1. The normalized spacial score (nSPS) is 12.6. The van der Waals surface area contributed by atoms with E-state index in [9.17, 15) is 4.39 Å². The molecule has 0 spiro atoms. The third-order valence-corrected chi connectivity index (χ3v) is 3.03. The highest BCUT2D eigenvalue weighted by Crippen LogP contribution is 2.22. The lowest BCUT2D eigenvalue weighted by molar-refractivity contribution is 0.358. The van der Waals surface area contributed by atoms with Gasteiger partial charge in [0, 0.05) is 4.90 Å². The van der Waals surface area contributed by atoms with Crippen LogP contribution in [-0.2, 0) is 5.75 Å². The highest BCUT2D eigenvalue weighted by Gasteiger charge is 2.10. The van der Waals surface area contributed by atoms with E-state index in [-0.39, 0.29) is 11.9 Å². The second-order valence-corrected chi connectivity index (χ2v) is 4.63. The van der Waals surface area contributed by atoms with Crippen molar-refractivity contribution in [2.45, 2.75) is 23.6 Å². The maximum absolute atomic E-state index is 12.9. The standard InChI is InChI=1S/C11H12FN3OS/c1-7(13)11-14-10(15-16-11)6-17-9-4-2-3-8(12)5-9/h2-5,7H,6,13H2,1H3/t7-/m1/s1. The van der Waals surface area contributed by atoms with Crippen LogP contribution in [0.2, 0.25) is 0 Å². The number of hydrogen-bond acceptors (Lipinski definition) is 5. The lowest BCUT2D eigenvalue weighted by Gasteiger charge is -1.97. The summed E-state index contributed by atoms with van der Waals surface area (Å²) in [5.41, 5.74) is 5.60. The molecule has 17 heavy (non-hydrogen) atoms. The minimum Gasteiger partial charge on any atom is -0.338 e. The molecule has 1 heterocycles. The lowest BCUT2D eigenvalue weighted by atomic mass is 10.4. The van der Waals surface area contributed by atoms with Crippen LogP contribution >= 0.6 is 11.8 Å². The molecule has 0 aliphatic rings. The molecule has 0 saturated heterocycles. The molecule has 2 aromatic rings. The van der Waals surface area contributed by atoms with Crippen LogP contribution in [0.3, 0.4) is 0 Å². The van der Waals surface area contributed by atoms with Crippen molar-refractivity contribution in [3.8, 4) is 0 Å². The van der Waals surface area contributed by atoms with Gasteiger partial charge >= 0.3 is 0 Å². The zero-order chi connectivity index (χ0) is 12.3. The molecule has 4 nitrogen and oxygen atoms in total. The van der Waals surface area contributed by atoms with Gasteiger partial charge in [0.15, 0.2) is 5.82 Å². The monoisotopic (exact) mass is 253 g/mol. The molecule has 0 bridgehead atoms. The smallest absolute Gasteiger partial charge is 0.243 e. The van der Waals surface area contributed by atoms with Crippen LogP contribution < -0.4 is 5.73 Å². The van der Waals surface area contributed by atoms with Gasteiger partial charge < -0.3 is 10.3 Å². The van der Waals surface area contributed by atoms with Gasteiger partial charge in [-0.2, -0.15) is 4.98 Å². The molecule has 0 aliphatic carbocycles. The fourth-order valence-electron chi connectivity index (χ4n) is 1.22. The summed E-state index contributed by atoms with van der Waals surface area (Å²) in [5, 5.41) is 3.79. The van der Waals surface area contributed by atoms with Crippen molar-refractivity contribution in [2.75, 3.05) is 0 Å². The van der Waals surface area contributed by atoms with Crippen molar-refractivity contribution in [2.24, 2.45) is 5.73 Å². The molecule has 0 aliphatic heterocycles. The minimum atomic E-state index is -0.268. The van der Waals surface area contributed by atoms with Crippen LogP contribution in [0.4, 0.5) is 4.39 Å². The number of thioether (sulfide) groups is 1. The van der Waals surface area contributed by atoms with Gasteiger partial charge in [-0.15, -0.1) is 11.8 Å². The van der Waals surface area contributed by atoms with Crippen LogP contribution in [-0.4, -0.2) is 10.1 Å². The Morgan fingerprint density at radius 1 is 1.53 bits per heavy atom. The Morgan fingerprint density at radius 3 is 3.00 bits per heavy atom. The van der Waals surface area contributed by atoms with E-state index in [4.69, 9.17) is 10.3 Å². The average Bonchev–Trinajstić information content (AvgIpc) is 2.75. The molecule has 2 N–H and O–H groups in total. The third-order valence-electron chi connectivity index (χ3n) is 2.04. The quantitative estimate of drug-likeness (QED) is 0.848.